The number of aliphatic hydroxyl groups is 2. The van der Waals surface area contributed by atoms with Crippen LogP contribution in [-0.2, 0) is 6.42 Å². The molecule has 1 unspecified atom stereocenters. The van der Waals surface area contributed by atoms with Crippen LogP contribution in [0.3, 0.4) is 0 Å². The summed E-state index contributed by atoms with van der Waals surface area (Å²) in [6, 6.07) is 0. The van der Waals surface area contributed by atoms with Crippen molar-refractivity contribution in [2.24, 2.45) is 40.4 Å². The summed E-state index contributed by atoms with van der Waals surface area (Å²) in [6.45, 7) is 7.15. The number of rotatable bonds is 4. The lowest BCUT2D eigenvalue weighted by atomic mass is 9.44. The van der Waals surface area contributed by atoms with Crippen LogP contribution in [0.2, 0.25) is 0 Å². The standard InChI is InChI=1S/C26H41NO3/c1-24-11-9-19(28)14-17(24)4-5-20-21-6-7-23(25(21,2)12-10-22(20)24)26(3,29)13-8-18-15-30-16-27-18/h15-17,19-23,28-29H,4-14H2,1-3H3/t17?,19-,20-,21-,22-,23-,24-,25-,26+/m0/s1. The van der Waals surface area contributed by atoms with E-state index in [0.29, 0.717) is 11.3 Å². The molecule has 0 aliphatic heterocycles. The van der Waals surface area contributed by atoms with Crippen LogP contribution in [-0.4, -0.2) is 26.9 Å². The van der Waals surface area contributed by atoms with E-state index >= 15 is 0 Å². The molecule has 0 radical (unpaired) electrons. The van der Waals surface area contributed by atoms with Crippen molar-refractivity contribution in [3.05, 3.63) is 18.4 Å². The third kappa shape index (κ3) is 3.20. The number of aromatic nitrogens is 1. The van der Waals surface area contributed by atoms with Gasteiger partial charge in [-0.1, -0.05) is 13.8 Å². The van der Waals surface area contributed by atoms with E-state index in [1.54, 1.807) is 6.26 Å². The van der Waals surface area contributed by atoms with Crippen molar-refractivity contribution in [3.63, 3.8) is 0 Å². The van der Waals surface area contributed by atoms with Crippen molar-refractivity contribution >= 4 is 0 Å². The van der Waals surface area contributed by atoms with Crippen LogP contribution < -0.4 is 0 Å². The zero-order chi connectivity index (χ0) is 21.1. The molecule has 4 aliphatic rings. The average Bonchev–Trinajstić information content (AvgIpc) is 3.34. The van der Waals surface area contributed by atoms with Crippen LogP contribution >= 0.6 is 0 Å². The Morgan fingerprint density at radius 2 is 1.83 bits per heavy atom. The zero-order valence-electron chi connectivity index (χ0n) is 19.1. The van der Waals surface area contributed by atoms with Crippen LogP contribution in [0.4, 0.5) is 0 Å². The van der Waals surface area contributed by atoms with E-state index in [1.165, 1.54) is 44.9 Å². The Balaban J connectivity index is 1.34. The summed E-state index contributed by atoms with van der Waals surface area (Å²) >= 11 is 0. The first kappa shape index (κ1) is 21.0. The summed E-state index contributed by atoms with van der Waals surface area (Å²) in [5.74, 6) is 3.48. The number of aryl methyl sites for hydroxylation is 1. The molecule has 0 aromatic carbocycles. The molecule has 0 saturated heterocycles. The highest BCUT2D eigenvalue weighted by molar-refractivity contribution is 5.12. The van der Waals surface area contributed by atoms with Gasteiger partial charge >= 0.3 is 0 Å². The zero-order valence-corrected chi connectivity index (χ0v) is 19.1. The topological polar surface area (TPSA) is 66.5 Å². The number of hydrogen-bond acceptors (Lipinski definition) is 4. The summed E-state index contributed by atoms with van der Waals surface area (Å²) < 4.78 is 5.12. The first-order chi connectivity index (χ1) is 14.2. The molecule has 4 saturated carbocycles. The lowest BCUT2D eigenvalue weighted by molar-refractivity contribution is -0.144. The second-order valence-electron chi connectivity index (χ2n) is 12.1. The Labute approximate surface area is 181 Å². The van der Waals surface area contributed by atoms with Gasteiger partial charge in [-0.05, 0) is 118 Å². The van der Waals surface area contributed by atoms with Crippen molar-refractivity contribution in [1.82, 2.24) is 4.98 Å². The van der Waals surface area contributed by atoms with Gasteiger partial charge in [0, 0.05) is 0 Å². The Morgan fingerprint density at radius 3 is 2.60 bits per heavy atom. The summed E-state index contributed by atoms with van der Waals surface area (Å²) in [7, 11) is 0. The normalized spacial score (nSPS) is 47.8. The minimum atomic E-state index is -0.647. The lowest BCUT2D eigenvalue weighted by Crippen LogP contribution is -2.55. The van der Waals surface area contributed by atoms with Gasteiger partial charge < -0.3 is 14.6 Å². The second kappa shape index (κ2) is 7.33. The van der Waals surface area contributed by atoms with E-state index in [4.69, 9.17) is 4.42 Å². The third-order valence-corrected chi connectivity index (χ3v) is 10.8. The molecule has 168 valence electrons. The smallest absolute Gasteiger partial charge is 0.180 e. The summed E-state index contributed by atoms with van der Waals surface area (Å²) in [4.78, 5) is 4.25. The molecule has 0 bridgehead atoms. The van der Waals surface area contributed by atoms with E-state index in [-0.39, 0.29) is 11.5 Å². The molecule has 9 atom stereocenters. The number of fused-ring (bicyclic) bond motifs is 5. The number of hydrogen-bond donors (Lipinski definition) is 2. The van der Waals surface area contributed by atoms with Crippen molar-refractivity contribution in [2.75, 3.05) is 0 Å². The minimum absolute atomic E-state index is 0.0656. The maximum Gasteiger partial charge on any atom is 0.180 e. The molecular weight excluding hydrogens is 374 g/mol. The largest absolute Gasteiger partial charge is 0.451 e. The first-order valence-electron chi connectivity index (χ1n) is 12.5. The highest BCUT2D eigenvalue weighted by Crippen LogP contribution is 2.68. The molecule has 30 heavy (non-hydrogen) atoms. The van der Waals surface area contributed by atoms with Gasteiger partial charge in [0.25, 0.3) is 0 Å². The second-order valence-corrected chi connectivity index (χ2v) is 12.1. The molecule has 4 fully saturated rings. The van der Waals surface area contributed by atoms with Gasteiger partial charge in [0.1, 0.15) is 6.26 Å². The monoisotopic (exact) mass is 415 g/mol. The number of oxazole rings is 1. The molecule has 4 heteroatoms. The van der Waals surface area contributed by atoms with Crippen molar-refractivity contribution in [3.8, 4) is 0 Å². The van der Waals surface area contributed by atoms with Gasteiger partial charge in [-0.3, -0.25) is 0 Å². The van der Waals surface area contributed by atoms with E-state index in [2.05, 4.69) is 25.8 Å². The maximum atomic E-state index is 11.6. The molecule has 1 heterocycles. The maximum absolute atomic E-state index is 11.6. The van der Waals surface area contributed by atoms with Gasteiger partial charge in [-0.25, -0.2) is 4.98 Å². The van der Waals surface area contributed by atoms with Crippen LogP contribution in [0.5, 0.6) is 0 Å². The van der Waals surface area contributed by atoms with Crippen LogP contribution in [0, 0.1) is 40.4 Å². The summed E-state index contributed by atoms with van der Waals surface area (Å²) in [5, 5.41) is 21.8. The number of aliphatic hydroxyl groups excluding tert-OH is 1. The molecule has 4 nitrogen and oxygen atoms in total. The molecule has 1 aromatic heterocycles. The lowest BCUT2D eigenvalue weighted by Gasteiger charge is -2.61. The summed E-state index contributed by atoms with van der Waals surface area (Å²) in [5.41, 5.74) is 0.984. The molecule has 0 amide bonds. The quantitative estimate of drug-likeness (QED) is 0.693. The van der Waals surface area contributed by atoms with E-state index < -0.39 is 5.60 Å². The Hall–Kier alpha value is -0.870. The van der Waals surface area contributed by atoms with E-state index in [9.17, 15) is 10.2 Å². The van der Waals surface area contributed by atoms with Crippen LogP contribution in [0.15, 0.2) is 17.1 Å². The predicted molar refractivity (Wildman–Crippen MR) is 117 cm³/mol. The Kier molecular flexibility index (Phi) is 5.13. The third-order valence-electron chi connectivity index (χ3n) is 10.8. The van der Waals surface area contributed by atoms with Gasteiger partial charge in [-0.2, -0.15) is 0 Å². The Morgan fingerprint density at radius 1 is 1.07 bits per heavy atom. The molecule has 2 N–H and O–H groups in total. The Bertz CT molecular complexity index is 745. The summed E-state index contributed by atoms with van der Waals surface area (Å²) in [6.07, 6.45) is 15.6. The fraction of sp³-hybridized carbons (Fsp3) is 0.885. The molecule has 1 aromatic rings. The SMILES string of the molecule is C[C@]12CC[C@H]3[C@@H](CCC4C[C@@H](O)CC[C@@]43C)[C@@H]1CC[C@@H]2[C@](C)(O)CCc1cocn1. The van der Waals surface area contributed by atoms with E-state index in [0.717, 1.165) is 61.5 Å². The van der Waals surface area contributed by atoms with Gasteiger partial charge in [0.15, 0.2) is 6.39 Å². The van der Waals surface area contributed by atoms with Gasteiger partial charge in [-0.15, -0.1) is 0 Å². The minimum Gasteiger partial charge on any atom is -0.451 e. The molecular formula is C26H41NO3. The van der Waals surface area contributed by atoms with Gasteiger partial charge in [0.05, 0.1) is 17.4 Å². The first-order valence-corrected chi connectivity index (χ1v) is 12.5. The van der Waals surface area contributed by atoms with Crippen LogP contribution in [0.1, 0.15) is 90.7 Å². The van der Waals surface area contributed by atoms with E-state index in [1.807, 2.05) is 0 Å². The predicted octanol–water partition coefficient (Wildman–Crippen LogP) is 5.38. The molecule has 0 spiro atoms. The average molecular weight is 416 g/mol. The van der Waals surface area contributed by atoms with Crippen molar-refractivity contribution in [2.45, 2.75) is 103 Å². The fourth-order valence-electron chi connectivity index (χ4n) is 9.17. The van der Waals surface area contributed by atoms with Crippen LogP contribution in [0.25, 0.3) is 0 Å². The van der Waals surface area contributed by atoms with Crippen molar-refractivity contribution in [1.29, 1.82) is 0 Å². The highest BCUT2D eigenvalue weighted by atomic mass is 16.3. The number of nitrogens with zero attached hydrogens (tertiary/aromatic N) is 1. The van der Waals surface area contributed by atoms with Gasteiger partial charge in [0.2, 0.25) is 0 Å². The highest BCUT2D eigenvalue weighted by Gasteiger charge is 2.62. The van der Waals surface area contributed by atoms with Crippen molar-refractivity contribution < 1.29 is 14.6 Å². The molecule has 5 rings (SSSR count). The fourth-order valence-corrected chi connectivity index (χ4v) is 9.17. The molecule has 4 aliphatic carbocycles.